The normalized spacial score (nSPS) is 26.7. The van der Waals surface area contributed by atoms with Crippen LogP contribution in [0.15, 0.2) is 24.3 Å². The van der Waals surface area contributed by atoms with E-state index < -0.39 is 0 Å². The first-order valence-electron chi connectivity index (χ1n) is 13.1. The lowest BCUT2D eigenvalue weighted by Gasteiger charge is -2.53. The monoisotopic (exact) mass is 478 g/mol. The van der Waals surface area contributed by atoms with Crippen LogP contribution in [0.3, 0.4) is 0 Å². The minimum Gasteiger partial charge on any atom is -0.342 e. The van der Waals surface area contributed by atoms with Gasteiger partial charge in [0.2, 0.25) is 11.8 Å². The van der Waals surface area contributed by atoms with Gasteiger partial charge in [0.15, 0.2) is 0 Å². The lowest BCUT2D eigenvalue weighted by molar-refractivity contribution is -0.144. The second kappa shape index (κ2) is 9.17. The molecule has 9 heteroatoms. The van der Waals surface area contributed by atoms with Crippen molar-refractivity contribution in [3.05, 3.63) is 30.1 Å². The number of aryl methyl sites for hydroxylation is 1. The van der Waals surface area contributed by atoms with E-state index in [9.17, 15) is 14.4 Å². The smallest absolute Gasteiger partial charge is 0.320 e. The molecule has 35 heavy (non-hydrogen) atoms. The van der Waals surface area contributed by atoms with Gasteiger partial charge in [0.05, 0.1) is 11.0 Å². The van der Waals surface area contributed by atoms with E-state index in [1.165, 1.54) is 0 Å². The Balaban J connectivity index is 0.998. The summed E-state index contributed by atoms with van der Waals surface area (Å²) in [5.74, 6) is 2.04. The molecule has 0 spiro atoms. The van der Waals surface area contributed by atoms with Crippen LogP contribution in [0.4, 0.5) is 4.79 Å². The third-order valence-corrected chi connectivity index (χ3v) is 8.37. The number of urea groups is 1. The highest BCUT2D eigenvalue weighted by atomic mass is 16.2. The summed E-state index contributed by atoms with van der Waals surface area (Å²) in [6, 6.07) is 8.30. The Labute approximate surface area is 205 Å². The number of hydrogen-bond acceptors (Lipinski definition) is 4. The summed E-state index contributed by atoms with van der Waals surface area (Å²) < 4.78 is 0. The van der Waals surface area contributed by atoms with E-state index >= 15 is 0 Å². The van der Waals surface area contributed by atoms with Crippen LogP contribution in [0, 0.1) is 11.8 Å². The van der Waals surface area contributed by atoms with Crippen LogP contribution < -0.4 is 0 Å². The number of nitrogens with one attached hydrogen (secondary N) is 1. The van der Waals surface area contributed by atoms with Crippen molar-refractivity contribution in [1.29, 1.82) is 0 Å². The third kappa shape index (κ3) is 4.36. The van der Waals surface area contributed by atoms with Crippen molar-refractivity contribution in [3.63, 3.8) is 0 Å². The van der Waals surface area contributed by atoms with Crippen LogP contribution in [0.5, 0.6) is 0 Å². The zero-order valence-corrected chi connectivity index (χ0v) is 20.2. The number of imidazole rings is 1. The number of hydrogen-bond donors (Lipinski definition) is 1. The molecule has 0 unspecified atom stereocenters. The number of H-pyrrole nitrogens is 1. The molecule has 0 aliphatic carbocycles. The van der Waals surface area contributed by atoms with Crippen molar-refractivity contribution < 1.29 is 14.4 Å². The first-order chi connectivity index (χ1) is 17.0. The van der Waals surface area contributed by atoms with Gasteiger partial charge in [0, 0.05) is 71.1 Å². The molecule has 6 rings (SSSR count). The number of nitrogens with zero attached hydrogens (tertiary/aromatic N) is 5. The number of para-hydroxylation sites is 2. The summed E-state index contributed by atoms with van der Waals surface area (Å²) in [7, 11) is 0. The Morgan fingerprint density at radius 1 is 1.00 bits per heavy atom. The summed E-state index contributed by atoms with van der Waals surface area (Å²) in [5, 5.41) is 0. The average Bonchev–Trinajstić information content (AvgIpc) is 3.31. The summed E-state index contributed by atoms with van der Waals surface area (Å²) in [4.78, 5) is 54.3. The van der Waals surface area contributed by atoms with Crippen LogP contribution in [0.1, 0.15) is 37.9 Å². The highest BCUT2D eigenvalue weighted by molar-refractivity contribution is 5.79. The lowest BCUT2D eigenvalue weighted by atomic mass is 9.76. The Morgan fingerprint density at radius 3 is 2.63 bits per heavy atom. The van der Waals surface area contributed by atoms with Crippen LogP contribution in [0.2, 0.25) is 0 Å². The molecule has 5 heterocycles. The molecule has 9 nitrogen and oxygen atoms in total. The van der Waals surface area contributed by atoms with Crippen LogP contribution >= 0.6 is 0 Å². The summed E-state index contributed by atoms with van der Waals surface area (Å²) >= 11 is 0. The molecule has 4 aliphatic heterocycles. The molecule has 4 aliphatic rings. The first-order valence-corrected chi connectivity index (χ1v) is 13.1. The van der Waals surface area contributed by atoms with Gasteiger partial charge in [-0.15, -0.1) is 0 Å². The zero-order valence-electron chi connectivity index (χ0n) is 20.2. The number of likely N-dealkylation sites (tertiary alicyclic amines) is 1. The predicted molar refractivity (Wildman–Crippen MR) is 130 cm³/mol. The van der Waals surface area contributed by atoms with E-state index in [1.54, 1.807) is 0 Å². The number of rotatable bonds is 3. The predicted octanol–water partition coefficient (Wildman–Crippen LogP) is 2.09. The third-order valence-electron chi connectivity index (χ3n) is 8.37. The first kappa shape index (κ1) is 22.4. The molecule has 2 aromatic rings. The molecule has 186 valence electrons. The molecule has 0 radical (unpaired) electrons. The number of benzene rings is 1. The maximum absolute atomic E-state index is 13.3. The molecule has 1 N–H and O–H groups in total. The van der Waals surface area contributed by atoms with Gasteiger partial charge in [-0.1, -0.05) is 12.1 Å². The summed E-state index contributed by atoms with van der Waals surface area (Å²) in [6.07, 6.45) is 4.86. The Hall–Kier alpha value is -3.10. The fourth-order valence-electron chi connectivity index (χ4n) is 6.62. The number of amides is 4. The summed E-state index contributed by atoms with van der Waals surface area (Å²) in [6.45, 7) is 4.61. The molecule has 0 saturated carbocycles. The molecule has 4 fully saturated rings. The van der Waals surface area contributed by atoms with Gasteiger partial charge in [-0.05, 0) is 43.2 Å². The van der Waals surface area contributed by atoms with Crippen molar-refractivity contribution in [2.75, 3.05) is 45.8 Å². The van der Waals surface area contributed by atoms with Crippen LogP contribution in [-0.4, -0.2) is 99.3 Å². The van der Waals surface area contributed by atoms with Crippen LogP contribution in [-0.2, 0) is 16.0 Å². The minimum atomic E-state index is 0.102. The Bertz CT molecular complexity index is 1090. The Kier molecular flexibility index (Phi) is 5.86. The van der Waals surface area contributed by atoms with E-state index in [-0.39, 0.29) is 11.9 Å². The number of aromatic nitrogens is 2. The van der Waals surface area contributed by atoms with E-state index in [2.05, 4.69) is 14.9 Å². The SMILES string of the molecule is O=C(CCc1nc2ccccc2[nH]1)N1CCN(C(=O)N2C[C@H]3C[C@H](C2)[C@H]2CCCC(=O)N2C3)CC1. The van der Waals surface area contributed by atoms with Gasteiger partial charge >= 0.3 is 6.03 Å². The topological polar surface area (TPSA) is 92.9 Å². The lowest BCUT2D eigenvalue weighted by Crippen LogP contribution is -2.63. The van der Waals surface area contributed by atoms with Gasteiger partial charge in [0.25, 0.3) is 0 Å². The minimum absolute atomic E-state index is 0.102. The number of fused-ring (bicyclic) bond motifs is 5. The molecule has 4 saturated heterocycles. The number of piperazine rings is 1. The quantitative estimate of drug-likeness (QED) is 0.731. The zero-order chi connectivity index (χ0) is 23.9. The van der Waals surface area contributed by atoms with Crippen molar-refractivity contribution in [1.82, 2.24) is 29.6 Å². The highest BCUT2D eigenvalue weighted by Crippen LogP contribution is 2.38. The van der Waals surface area contributed by atoms with Gasteiger partial charge in [-0.3, -0.25) is 9.59 Å². The number of piperidine rings is 3. The van der Waals surface area contributed by atoms with Gasteiger partial charge in [-0.25, -0.2) is 9.78 Å². The van der Waals surface area contributed by atoms with Gasteiger partial charge < -0.3 is 24.6 Å². The van der Waals surface area contributed by atoms with E-state index in [4.69, 9.17) is 0 Å². The van der Waals surface area contributed by atoms with Gasteiger partial charge in [-0.2, -0.15) is 0 Å². The van der Waals surface area contributed by atoms with E-state index in [1.807, 2.05) is 39.0 Å². The van der Waals surface area contributed by atoms with Crippen molar-refractivity contribution in [2.45, 2.75) is 44.6 Å². The standard InChI is InChI=1S/C26H34N6O3/c33-24(9-8-23-27-20-4-1-2-5-21(20)28-23)29-10-12-30(13-11-29)26(35)31-15-18-14-19(17-31)22-6-3-7-25(34)32(22)16-18/h1-2,4-5,18-19,22H,3,6-17H2,(H,27,28)/t18-,19-,22-/m1/s1. The van der Waals surface area contributed by atoms with Gasteiger partial charge in [0.1, 0.15) is 5.82 Å². The molecule has 3 atom stereocenters. The van der Waals surface area contributed by atoms with Crippen molar-refractivity contribution in [2.24, 2.45) is 11.8 Å². The molecule has 4 amide bonds. The fraction of sp³-hybridized carbons (Fsp3) is 0.615. The van der Waals surface area contributed by atoms with E-state index in [0.29, 0.717) is 69.2 Å². The number of carbonyl (C=O) groups excluding carboxylic acids is 3. The van der Waals surface area contributed by atoms with Crippen LogP contribution in [0.25, 0.3) is 11.0 Å². The van der Waals surface area contributed by atoms with Crippen molar-refractivity contribution >= 4 is 28.9 Å². The molecule has 1 aromatic carbocycles. The molecular formula is C26H34N6O3. The number of aromatic amines is 1. The van der Waals surface area contributed by atoms with Crippen molar-refractivity contribution in [3.8, 4) is 0 Å². The molecule has 2 bridgehead atoms. The maximum Gasteiger partial charge on any atom is 0.320 e. The highest BCUT2D eigenvalue weighted by Gasteiger charge is 2.45. The maximum atomic E-state index is 13.3. The molecule has 1 aromatic heterocycles. The largest absolute Gasteiger partial charge is 0.342 e. The Morgan fingerprint density at radius 2 is 1.80 bits per heavy atom. The summed E-state index contributed by atoms with van der Waals surface area (Å²) in [5.41, 5.74) is 1.92. The molecular weight excluding hydrogens is 444 g/mol. The second-order valence-corrected chi connectivity index (χ2v) is 10.6. The second-order valence-electron chi connectivity index (χ2n) is 10.6. The fourth-order valence-corrected chi connectivity index (χ4v) is 6.62. The average molecular weight is 479 g/mol. The van der Waals surface area contributed by atoms with E-state index in [0.717, 1.165) is 55.8 Å². The number of carbonyl (C=O) groups is 3.